The van der Waals surface area contributed by atoms with Gasteiger partial charge >= 0.3 is 47.8 Å². The Bertz CT molecular complexity index is 2890. The van der Waals surface area contributed by atoms with Gasteiger partial charge in [0.1, 0.15) is 61.6 Å². The summed E-state index contributed by atoms with van der Waals surface area (Å²) >= 11 is 0. The summed E-state index contributed by atoms with van der Waals surface area (Å²) in [5.74, 6) is -7.33. The summed E-state index contributed by atoms with van der Waals surface area (Å²) in [6, 6.07) is 27.1. The molecule has 23 nitrogen and oxygen atoms in total. The van der Waals surface area contributed by atoms with Gasteiger partial charge in [-0.3, -0.25) is 43.2 Å². The fraction of sp³-hybridized carbons (Fsp3) is 0.386. The molecule has 23 heteroatoms. The number of rotatable bonds is 23. The monoisotopic (exact) mass is 1110 g/mol. The second-order valence-electron chi connectivity index (χ2n) is 18.0. The minimum atomic E-state index is -1.76. The molecule has 0 spiro atoms. The smallest absolute Gasteiger partial charge is 0.303 e. The maximum Gasteiger partial charge on any atom is 0.303 e. The highest BCUT2D eigenvalue weighted by molar-refractivity contribution is 6.09. The topological polar surface area (TPSA) is 283 Å². The number of hydrogen-bond acceptors (Lipinski definition) is 23. The first-order valence-electron chi connectivity index (χ1n) is 24.9. The van der Waals surface area contributed by atoms with Crippen molar-refractivity contribution >= 4 is 59.6 Å². The summed E-state index contributed by atoms with van der Waals surface area (Å²) in [5, 5.41) is 0. The zero-order chi connectivity index (χ0) is 58.0. The molecule has 426 valence electrons. The van der Waals surface area contributed by atoms with E-state index in [1.807, 2.05) is 60.7 Å². The van der Waals surface area contributed by atoms with Gasteiger partial charge in [-0.15, -0.1) is 0 Å². The molecule has 2 aliphatic rings. The number of esters is 8. The summed E-state index contributed by atoms with van der Waals surface area (Å²) in [6.07, 6.45) is -13.3. The number of hydrogen-bond donors (Lipinski definition) is 0. The predicted molar refractivity (Wildman–Crippen MR) is 273 cm³/mol. The van der Waals surface area contributed by atoms with Crippen LogP contribution in [-0.2, 0) is 98.9 Å². The van der Waals surface area contributed by atoms with E-state index >= 15 is 0 Å². The number of ether oxygens (including phenoxy) is 14. The molecule has 6 rings (SSSR count). The van der Waals surface area contributed by atoms with Gasteiger partial charge in [0.25, 0.3) is 0 Å². The fourth-order valence-corrected chi connectivity index (χ4v) is 8.29. The molecule has 0 N–H and O–H groups in total. The van der Waals surface area contributed by atoms with Gasteiger partial charge in [0.15, 0.2) is 30.2 Å². The van der Waals surface area contributed by atoms with Crippen LogP contribution >= 0.6 is 0 Å². The summed E-state index contributed by atoms with van der Waals surface area (Å²) in [4.78, 5) is 114. The number of allylic oxidation sites excluding steroid dienone is 1. The summed E-state index contributed by atoms with van der Waals surface area (Å²) in [6.45, 7) is 7.72. The third-order valence-corrected chi connectivity index (χ3v) is 11.5. The van der Waals surface area contributed by atoms with Crippen LogP contribution in [0, 0.1) is 0 Å². The third kappa shape index (κ3) is 17.9. The molecule has 2 fully saturated rings. The zero-order valence-electron chi connectivity index (χ0n) is 44.9. The van der Waals surface area contributed by atoms with Gasteiger partial charge in [-0.2, -0.15) is 0 Å². The summed E-state index contributed by atoms with van der Waals surface area (Å²) < 4.78 is 81.6. The van der Waals surface area contributed by atoms with Crippen LogP contribution in [-0.4, -0.2) is 128 Å². The van der Waals surface area contributed by atoms with Gasteiger partial charge in [-0.05, 0) is 47.5 Å². The minimum absolute atomic E-state index is 0.0694. The summed E-state index contributed by atoms with van der Waals surface area (Å²) in [7, 11) is 0. The Balaban J connectivity index is 1.44. The average molecular weight is 1110 g/mol. The SMILES string of the molecule is CC(=O)OC[C@H]1OC(Oc2cc(OCc3ccccc3)ccc2C=CC(=O)c2ccc(OCc3ccccc3)cc2OC2O[C@H](COC(C)=O)[C@@H](OC(C)=O)[C@H](OC(C)=O)[C@H]2OC(C)=O)[C@H](OC(C)=O)[C@@H](OC(C)=O)[C@@H]1OC(C)=O. The maximum absolute atomic E-state index is 14.7. The largest absolute Gasteiger partial charge is 0.489 e. The van der Waals surface area contributed by atoms with Crippen molar-refractivity contribution in [3.8, 4) is 23.0 Å². The lowest BCUT2D eigenvalue weighted by Crippen LogP contribution is -2.63. The van der Waals surface area contributed by atoms with E-state index in [2.05, 4.69) is 0 Å². The van der Waals surface area contributed by atoms with Crippen LogP contribution in [0.5, 0.6) is 23.0 Å². The molecule has 0 amide bonds. The number of carbonyl (C=O) groups is 9. The molecular formula is C57H60O23. The molecule has 2 aliphatic heterocycles. The molecule has 0 radical (unpaired) electrons. The lowest BCUT2D eigenvalue weighted by atomic mass is 9.98. The van der Waals surface area contributed by atoms with Crippen molar-refractivity contribution in [2.45, 2.75) is 130 Å². The average Bonchev–Trinajstić information content (AvgIpc) is 3.55. The van der Waals surface area contributed by atoms with E-state index < -0.39 is 128 Å². The maximum atomic E-state index is 14.7. The van der Waals surface area contributed by atoms with Crippen molar-refractivity contribution in [1.82, 2.24) is 0 Å². The Hall–Kier alpha value is -8.83. The number of carbonyl (C=O) groups excluding carboxylic acids is 9. The summed E-state index contributed by atoms with van der Waals surface area (Å²) in [5.41, 5.74) is 1.62. The molecule has 10 atom stereocenters. The fourth-order valence-electron chi connectivity index (χ4n) is 8.29. The highest BCUT2D eigenvalue weighted by atomic mass is 16.7. The minimum Gasteiger partial charge on any atom is -0.489 e. The molecule has 4 aromatic rings. The number of benzene rings is 4. The van der Waals surface area contributed by atoms with E-state index in [0.29, 0.717) is 0 Å². The zero-order valence-corrected chi connectivity index (χ0v) is 44.9. The first-order valence-corrected chi connectivity index (χ1v) is 24.9. The van der Waals surface area contributed by atoms with Crippen LogP contribution in [0.25, 0.3) is 6.08 Å². The van der Waals surface area contributed by atoms with E-state index in [1.54, 1.807) is 6.07 Å². The highest BCUT2D eigenvalue weighted by Crippen LogP contribution is 2.37. The Morgan fingerprint density at radius 2 is 0.800 bits per heavy atom. The predicted octanol–water partition coefficient (Wildman–Crippen LogP) is 5.66. The first kappa shape index (κ1) is 60.4. The van der Waals surface area contributed by atoms with Crippen LogP contribution in [0.3, 0.4) is 0 Å². The Labute approximate surface area is 459 Å². The van der Waals surface area contributed by atoms with Crippen molar-refractivity contribution in [3.05, 3.63) is 125 Å². The lowest BCUT2D eigenvalue weighted by molar-refractivity contribution is -0.288. The van der Waals surface area contributed by atoms with E-state index in [4.69, 9.17) is 66.3 Å². The Morgan fingerprint density at radius 1 is 0.425 bits per heavy atom. The van der Waals surface area contributed by atoms with Crippen LogP contribution in [0.4, 0.5) is 0 Å². The highest BCUT2D eigenvalue weighted by Gasteiger charge is 2.55. The van der Waals surface area contributed by atoms with Crippen LogP contribution < -0.4 is 18.9 Å². The van der Waals surface area contributed by atoms with Crippen LogP contribution in [0.15, 0.2) is 103 Å². The molecular weight excluding hydrogens is 1050 g/mol. The Kier molecular flexibility index (Phi) is 21.7. The van der Waals surface area contributed by atoms with Gasteiger partial charge in [0.05, 0.1) is 5.56 Å². The van der Waals surface area contributed by atoms with Crippen LogP contribution in [0.2, 0.25) is 0 Å². The van der Waals surface area contributed by atoms with Crippen molar-refractivity contribution in [2.24, 2.45) is 0 Å². The third-order valence-electron chi connectivity index (χ3n) is 11.5. The van der Waals surface area contributed by atoms with E-state index in [-0.39, 0.29) is 47.3 Å². The molecule has 0 bridgehead atoms. The van der Waals surface area contributed by atoms with Gasteiger partial charge < -0.3 is 66.3 Å². The quantitative estimate of drug-likeness (QED) is 0.0374. The van der Waals surface area contributed by atoms with Crippen molar-refractivity contribution < 1.29 is 109 Å². The standard InChI is InChI=1S/C57H60O23/c1-31(58)67-29-48-50(71-33(3)60)52(73-35(5)62)54(75-37(7)64)56(79-48)77-46-25-42(69-27-39-15-11-9-12-16-39)21-19-41(46)20-24-45(66)44-23-22-43(70-28-40-17-13-10-14-18-40)26-47(44)78-57-55(76-38(8)65)53(74-36(6)63)51(72-34(4)61)49(80-57)30-68-32(2)59/h9-26,48-57H,27-30H2,1-8H3/t48-,49-,50-,51-,52+,53+,54-,55-,56?,57?/m1/s1. The normalized spacial score (nSPS) is 22.2. The lowest BCUT2D eigenvalue weighted by Gasteiger charge is -2.44. The molecule has 0 saturated carbocycles. The molecule has 2 saturated heterocycles. The van der Waals surface area contributed by atoms with Gasteiger partial charge in [-0.25, -0.2) is 0 Å². The molecule has 80 heavy (non-hydrogen) atoms. The second-order valence-corrected chi connectivity index (χ2v) is 18.0. The first-order chi connectivity index (χ1) is 38.1. The van der Waals surface area contributed by atoms with Gasteiger partial charge in [0, 0.05) is 73.1 Å². The molecule has 4 aromatic carbocycles. The molecule has 0 aromatic heterocycles. The molecule has 0 aliphatic carbocycles. The van der Waals surface area contributed by atoms with Crippen molar-refractivity contribution in [3.63, 3.8) is 0 Å². The number of ketones is 1. The van der Waals surface area contributed by atoms with Gasteiger partial charge in [-0.1, -0.05) is 60.7 Å². The second kappa shape index (κ2) is 28.7. The molecule has 2 unspecified atom stereocenters. The van der Waals surface area contributed by atoms with Crippen molar-refractivity contribution in [2.75, 3.05) is 13.2 Å². The molecule has 2 heterocycles. The van der Waals surface area contributed by atoms with E-state index in [1.165, 1.54) is 36.4 Å². The van der Waals surface area contributed by atoms with Crippen molar-refractivity contribution in [1.29, 1.82) is 0 Å². The van der Waals surface area contributed by atoms with E-state index in [9.17, 15) is 43.2 Å². The van der Waals surface area contributed by atoms with Gasteiger partial charge in [0.2, 0.25) is 24.8 Å². The van der Waals surface area contributed by atoms with E-state index in [0.717, 1.165) is 72.6 Å². The Morgan fingerprint density at radius 3 is 1.21 bits per heavy atom. The van der Waals surface area contributed by atoms with Crippen LogP contribution in [0.1, 0.15) is 82.4 Å².